The highest BCUT2D eigenvalue weighted by atomic mass is 16.4. The number of aliphatic carboxylic acids is 1. The summed E-state index contributed by atoms with van der Waals surface area (Å²) in [5, 5.41) is 15.8. The van der Waals surface area contributed by atoms with Gasteiger partial charge in [0.2, 0.25) is 11.8 Å². The molecule has 7 nitrogen and oxygen atoms in total. The summed E-state index contributed by atoms with van der Waals surface area (Å²) >= 11 is 0. The maximum absolute atomic E-state index is 12.3. The van der Waals surface area contributed by atoms with Gasteiger partial charge < -0.3 is 20.7 Å². The van der Waals surface area contributed by atoms with Crippen LogP contribution in [0, 0.1) is 0 Å². The average molecular weight is 357 g/mol. The van der Waals surface area contributed by atoms with Crippen LogP contribution in [0.25, 0.3) is 10.9 Å². The smallest absolute Gasteiger partial charge is 0.303 e. The Bertz CT molecular complexity index is 829. The summed E-state index contributed by atoms with van der Waals surface area (Å²) in [5.74, 6) is -1.07. The van der Waals surface area contributed by atoms with E-state index >= 15 is 0 Å². The maximum atomic E-state index is 12.3. The van der Waals surface area contributed by atoms with Crippen molar-refractivity contribution in [3.05, 3.63) is 36.0 Å². The zero-order chi connectivity index (χ0) is 18.6. The molecule has 138 valence electrons. The van der Waals surface area contributed by atoms with Crippen LogP contribution in [0.2, 0.25) is 0 Å². The molecule has 0 aliphatic carbocycles. The van der Waals surface area contributed by atoms with Crippen molar-refractivity contribution in [2.75, 3.05) is 0 Å². The molecule has 2 heterocycles. The minimum absolute atomic E-state index is 0.0165. The van der Waals surface area contributed by atoms with Gasteiger partial charge in [0.25, 0.3) is 0 Å². The Hall–Kier alpha value is -2.83. The molecule has 1 fully saturated rings. The average Bonchev–Trinajstić information content (AvgIpc) is 3.24. The van der Waals surface area contributed by atoms with Crippen molar-refractivity contribution in [1.29, 1.82) is 0 Å². The highest BCUT2D eigenvalue weighted by Gasteiger charge is 2.37. The SMILES string of the molecule is O=C(O)CC[C@@]1(CCC(=O)NCc2cccc3[nH]ccc23)CCC(=O)N1. The lowest BCUT2D eigenvalue weighted by Crippen LogP contribution is -2.43. The molecule has 3 rings (SSSR count). The van der Waals surface area contributed by atoms with Crippen molar-refractivity contribution < 1.29 is 19.5 Å². The van der Waals surface area contributed by atoms with Gasteiger partial charge >= 0.3 is 5.97 Å². The molecular formula is C19H23N3O4. The fraction of sp³-hybridized carbons (Fsp3) is 0.421. The summed E-state index contributed by atoms with van der Waals surface area (Å²) in [6.45, 7) is 0.433. The van der Waals surface area contributed by atoms with Gasteiger partial charge in [-0.15, -0.1) is 0 Å². The van der Waals surface area contributed by atoms with Crippen molar-refractivity contribution >= 4 is 28.7 Å². The van der Waals surface area contributed by atoms with E-state index in [2.05, 4.69) is 15.6 Å². The Morgan fingerprint density at radius 2 is 2.00 bits per heavy atom. The molecule has 1 atom stereocenters. The van der Waals surface area contributed by atoms with Crippen LogP contribution in [-0.4, -0.2) is 33.4 Å². The van der Waals surface area contributed by atoms with Crippen molar-refractivity contribution in [1.82, 2.24) is 15.6 Å². The Balaban J connectivity index is 1.54. The third kappa shape index (κ3) is 4.22. The van der Waals surface area contributed by atoms with Crippen molar-refractivity contribution in [2.45, 2.75) is 50.6 Å². The van der Waals surface area contributed by atoms with E-state index in [-0.39, 0.29) is 24.7 Å². The van der Waals surface area contributed by atoms with Gasteiger partial charge in [0.15, 0.2) is 0 Å². The standard InChI is InChI=1S/C19H23N3O4/c23-16(21-12-13-2-1-3-15-14(13)7-11-20-15)4-8-19(10-6-18(25)26)9-5-17(24)22-19/h1-3,7,11,20H,4-6,8-10,12H2,(H,21,23)(H,22,24)(H,25,26)/t19-/m1/s1. The number of aromatic amines is 1. The summed E-state index contributed by atoms with van der Waals surface area (Å²) in [7, 11) is 0. The van der Waals surface area contributed by atoms with E-state index in [4.69, 9.17) is 5.11 Å². The van der Waals surface area contributed by atoms with Gasteiger partial charge in [-0.25, -0.2) is 0 Å². The molecule has 1 aliphatic rings. The molecule has 2 aromatic rings. The minimum Gasteiger partial charge on any atom is -0.481 e. The lowest BCUT2D eigenvalue weighted by molar-refractivity contribution is -0.137. The zero-order valence-corrected chi connectivity index (χ0v) is 14.5. The summed E-state index contributed by atoms with van der Waals surface area (Å²) < 4.78 is 0. The van der Waals surface area contributed by atoms with Crippen LogP contribution in [0.1, 0.15) is 44.1 Å². The van der Waals surface area contributed by atoms with Crippen LogP contribution in [0.3, 0.4) is 0 Å². The van der Waals surface area contributed by atoms with E-state index in [0.29, 0.717) is 32.2 Å². The van der Waals surface area contributed by atoms with Crippen LogP contribution in [0.4, 0.5) is 0 Å². The van der Waals surface area contributed by atoms with Crippen molar-refractivity contribution in [3.63, 3.8) is 0 Å². The molecule has 0 spiro atoms. The van der Waals surface area contributed by atoms with E-state index in [0.717, 1.165) is 16.5 Å². The van der Waals surface area contributed by atoms with Crippen LogP contribution < -0.4 is 10.6 Å². The highest BCUT2D eigenvalue weighted by Crippen LogP contribution is 2.30. The van der Waals surface area contributed by atoms with Gasteiger partial charge in [0, 0.05) is 48.4 Å². The van der Waals surface area contributed by atoms with Crippen molar-refractivity contribution in [3.8, 4) is 0 Å². The molecule has 0 saturated carbocycles. The molecule has 0 unspecified atom stereocenters. The van der Waals surface area contributed by atoms with Gasteiger partial charge in [-0.1, -0.05) is 12.1 Å². The maximum Gasteiger partial charge on any atom is 0.303 e. The van der Waals surface area contributed by atoms with Crippen LogP contribution in [0.15, 0.2) is 30.5 Å². The zero-order valence-electron chi connectivity index (χ0n) is 14.5. The summed E-state index contributed by atoms with van der Waals surface area (Å²) in [5.41, 5.74) is 1.48. The van der Waals surface area contributed by atoms with Crippen LogP contribution in [0.5, 0.6) is 0 Å². The predicted octanol–water partition coefficient (Wildman–Crippen LogP) is 2.08. The third-order valence-corrected chi connectivity index (χ3v) is 5.04. The number of carboxylic acid groups (broad SMARTS) is 1. The number of fused-ring (bicyclic) bond motifs is 1. The molecule has 1 aromatic heterocycles. The molecule has 26 heavy (non-hydrogen) atoms. The molecule has 1 aliphatic heterocycles. The van der Waals surface area contributed by atoms with E-state index in [9.17, 15) is 14.4 Å². The Labute approximate surface area is 151 Å². The molecule has 0 bridgehead atoms. The second kappa shape index (κ2) is 7.59. The molecule has 1 aromatic carbocycles. The molecular weight excluding hydrogens is 334 g/mol. The Kier molecular flexibility index (Phi) is 5.25. The predicted molar refractivity (Wildman–Crippen MR) is 96.4 cm³/mol. The number of H-pyrrole nitrogens is 1. The topological polar surface area (TPSA) is 111 Å². The quantitative estimate of drug-likeness (QED) is 0.579. The molecule has 0 radical (unpaired) electrons. The van der Waals surface area contributed by atoms with Crippen LogP contribution in [-0.2, 0) is 20.9 Å². The summed E-state index contributed by atoms with van der Waals surface area (Å²) in [6, 6.07) is 7.87. The number of hydrogen-bond acceptors (Lipinski definition) is 3. The molecule has 7 heteroatoms. The van der Waals surface area contributed by atoms with E-state index in [1.165, 1.54) is 0 Å². The van der Waals surface area contributed by atoms with Gasteiger partial charge in [-0.2, -0.15) is 0 Å². The van der Waals surface area contributed by atoms with Gasteiger partial charge in [-0.05, 0) is 37.0 Å². The van der Waals surface area contributed by atoms with Crippen LogP contribution >= 0.6 is 0 Å². The first-order chi connectivity index (χ1) is 12.5. The first-order valence-corrected chi connectivity index (χ1v) is 8.82. The van der Waals surface area contributed by atoms with E-state index < -0.39 is 11.5 Å². The molecule has 1 saturated heterocycles. The normalized spacial score (nSPS) is 19.5. The van der Waals surface area contributed by atoms with Crippen molar-refractivity contribution in [2.24, 2.45) is 0 Å². The number of hydrogen-bond donors (Lipinski definition) is 4. The summed E-state index contributed by atoms with van der Waals surface area (Å²) in [6.07, 6.45) is 3.87. The van der Waals surface area contributed by atoms with Gasteiger partial charge in [0.1, 0.15) is 0 Å². The molecule has 4 N–H and O–H groups in total. The second-order valence-corrected chi connectivity index (χ2v) is 6.86. The Morgan fingerprint density at radius 1 is 1.19 bits per heavy atom. The van der Waals surface area contributed by atoms with E-state index in [1.54, 1.807) is 0 Å². The van der Waals surface area contributed by atoms with E-state index in [1.807, 2.05) is 30.5 Å². The monoisotopic (exact) mass is 357 g/mol. The third-order valence-electron chi connectivity index (χ3n) is 5.04. The molecule has 2 amide bonds. The number of benzene rings is 1. The number of carboxylic acids is 1. The lowest BCUT2D eigenvalue weighted by atomic mass is 9.86. The fourth-order valence-electron chi connectivity index (χ4n) is 3.56. The largest absolute Gasteiger partial charge is 0.481 e. The van der Waals surface area contributed by atoms with Gasteiger partial charge in [0.05, 0.1) is 0 Å². The number of aromatic nitrogens is 1. The number of amides is 2. The summed E-state index contributed by atoms with van der Waals surface area (Å²) in [4.78, 5) is 37.9. The minimum atomic E-state index is -0.894. The fourth-order valence-corrected chi connectivity index (χ4v) is 3.56. The van der Waals surface area contributed by atoms with Gasteiger partial charge in [-0.3, -0.25) is 14.4 Å². The first kappa shape index (κ1) is 18.0. The first-order valence-electron chi connectivity index (χ1n) is 8.82. The number of rotatable bonds is 8. The number of carbonyl (C=O) groups is 3. The number of carbonyl (C=O) groups excluding carboxylic acids is 2. The highest BCUT2D eigenvalue weighted by molar-refractivity contribution is 5.84. The second-order valence-electron chi connectivity index (χ2n) is 6.86. The Morgan fingerprint density at radius 3 is 2.73 bits per heavy atom. The number of nitrogens with one attached hydrogen (secondary N) is 3. The lowest BCUT2D eigenvalue weighted by Gasteiger charge is -2.28.